The van der Waals surface area contributed by atoms with Gasteiger partial charge in [0.1, 0.15) is 18.0 Å². The minimum atomic E-state index is -0.829. The van der Waals surface area contributed by atoms with Gasteiger partial charge in [0, 0.05) is 38.1 Å². The SMILES string of the molecule is COc1ccccc1N1CCN(C2C(CNC(=O)Nc3ccsc3)OC(CO)C2O)CC1. The van der Waals surface area contributed by atoms with Crippen molar-refractivity contribution in [3.05, 3.63) is 41.1 Å². The highest BCUT2D eigenvalue weighted by Crippen LogP contribution is 2.31. The lowest BCUT2D eigenvalue weighted by atomic mass is 10.0. The summed E-state index contributed by atoms with van der Waals surface area (Å²) in [6.45, 7) is 2.95. The number of benzene rings is 1. The van der Waals surface area contributed by atoms with Gasteiger partial charge in [-0.1, -0.05) is 12.1 Å². The van der Waals surface area contributed by atoms with E-state index in [9.17, 15) is 15.0 Å². The molecule has 0 bridgehead atoms. The van der Waals surface area contributed by atoms with Crippen LogP contribution in [0, 0.1) is 0 Å². The topological polar surface area (TPSA) is 107 Å². The fraction of sp³-hybridized carbons (Fsp3) is 0.500. The third-order valence-corrected chi connectivity index (χ3v) is 6.73. The second-order valence-corrected chi connectivity index (χ2v) is 8.70. The van der Waals surface area contributed by atoms with Crippen LogP contribution in [0.2, 0.25) is 0 Å². The first-order chi connectivity index (χ1) is 15.6. The molecular formula is C22H30N4O5S. The number of anilines is 2. The Morgan fingerprint density at radius 1 is 1.22 bits per heavy atom. The maximum atomic E-state index is 12.2. The zero-order valence-electron chi connectivity index (χ0n) is 18.0. The van der Waals surface area contributed by atoms with Gasteiger partial charge in [0.15, 0.2) is 0 Å². The van der Waals surface area contributed by atoms with Gasteiger partial charge in [-0.05, 0) is 23.6 Å². The number of nitrogens with one attached hydrogen (secondary N) is 2. The number of rotatable bonds is 7. The average molecular weight is 463 g/mol. The molecule has 32 heavy (non-hydrogen) atoms. The summed E-state index contributed by atoms with van der Waals surface area (Å²) in [7, 11) is 1.67. The Hall–Kier alpha value is -2.37. The molecule has 0 aliphatic carbocycles. The van der Waals surface area contributed by atoms with E-state index in [0.29, 0.717) is 0 Å². The molecule has 2 aliphatic heterocycles. The van der Waals surface area contributed by atoms with Crippen LogP contribution in [0.1, 0.15) is 0 Å². The molecule has 4 N–H and O–H groups in total. The number of carbonyl (C=O) groups is 1. The van der Waals surface area contributed by atoms with Gasteiger partial charge in [-0.15, -0.1) is 0 Å². The average Bonchev–Trinajstić information content (AvgIpc) is 3.45. The first kappa shape index (κ1) is 22.8. The quantitative estimate of drug-likeness (QED) is 0.490. The molecule has 2 saturated heterocycles. The van der Waals surface area contributed by atoms with E-state index in [2.05, 4.69) is 20.4 Å². The van der Waals surface area contributed by atoms with Gasteiger partial charge in [0.05, 0.1) is 37.2 Å². The summed E-state index contributed by atoms with van der Waals surface area (Å²) in [5, 5.41) is 29.8. The van der Waals surface area contributed by atoms with Crippen molar-refractivity contribution < 1.29 is 24.5 Å². The first-order valence-corrected chi connectivity index (χ1v) is 11.7. The van der Waals surface area contributed by atoms with Crippen LogP contribution in [0.5, 0.6) is 5.75 Å². The van der Waals surface area contributed by atoms with Crippen molar-refractivity contribution >= 4 is 28.7 Å². The lowest BCUT2D eigenvalue weighted by Crippen LogP contribution is -2.57. The third kappa shape index (κ3) is 5.00. The molecule has 2 fully saturated rings. The lowest BCUT2D eigenvalue weighted by molar-refractivity contribution is -0.0205. The normalized spacial score (nSPS) is 26.2. The van der Waals surface area contributed by atoms with Crippen molar-refractivity contribution in [1.82, 2.24) is 10.2 Å². The highest BCUT2D eigenvalue weighted by molar-refractivity contribution is 7.08. The van der Waals surface area contributed by atoms with Crippen LogP contribution in [-0.4, -0.2) is 91.9 Å². The van der Waals surface area contributed by atoms with Crippen molar-refractivity contribution in [2.24, 2.45) is 0 Å². The Labute approximate surface area is 191 Å². The van der Waals surface area contributed by atoms with Crippen molar-refractivity contribution in [1.29, 1.82) is 0 Å². The summed E-state index contributed by atoms with van der Waals surface area (Å²) < 4.78 is 11.4. The minimum Gasteiger partial charge on any atom is -0.495 e. The van der Waals surface area contributed by atoms with Crippen molar-refractivity contribution in [3.63, 3.8) is 0 Å². The summed E-state index contributed by atoms with van der Waals surface area (Å²) >= 11 is 1.50. The fourth-order valence-electron chi connectivity index (χ4n) is 4.45. The van der Waals surface area contributed by atoms with Crippen LogP contribution >= 0.6 is 11.3 Å². The van der Waals surface area contributed by atoms with E-state index in [0.717, 1.165) is 43.3 Å². The van der Waals surface area contributed by atoms with Gasteiger partial charge in [-0.3, -0.25) is 4.90 Å². The van der Waals surface area contributed by atoms with Gasteiger partial charge < -0.3 is 35.2 Å². The second-order valence-electron chi connectivity index (χ2n) is 7.92. The largest absolute Gasteiger partial charge is 0.495 e. The maximum Gasteiger partial charge on any atom is 0.319 e. The molecule has 1 aromatic carbocycles. The number of amides is 2. The Kier molecular flexibility index (Phi) is 7.48. The molecule has 0 spiro atoms. The molecule has 1 aromatic heterocycles. The number of carbonyl (C=O) groups excluding carboxylic acids is 1. The molecule has 174 valence electrons. The summed E-state index contributed by atoms with van der Waals surface area (Å²) in [6, 6.07) is 9.13. The van der Waals surface area contributed by atoms with E-state index >= 15 is 0 Å². The molecule has 9 nitrogen and oxygen atoms in total. The van der Waals surface area contributed by atoms with Crippen LogP contribution in [0.4, 0.5) is 16.2 Å². The van der Waals surface area contributed by atoms with E-state index in [1.54, 1.807) is 7.11 Å². The van der Waals surface area contributed by atoms with Crippen molar-refractivity contribution in [3.8, 4) is 5.75 Å². The number of hydrogen-bond donors (Lipinski definition) is 4. The highest BCUT2D eigenvalue weighted by atomic mass is 32.1. The third-order valence-electron chi connectivity index (χ3n) is 6.05. The number of aliphatic hydroxyl groups is 2. The summed E-state index contributed by atoms with van der Waals surface area (Å²) in [5.74, 6) is 0.837. The molecule has 2 aromatic rings. The Morgan fingerprint density at radius 2 is 2.00 bits per heavy atom. The van der Waals surface area contributed by atoms with E-state index in [1.807, 2.05) is 41.1 Å². The van der Waals surface area contributed by atoms with Crippen molar-refractivity contribution in [2.75, 3.05) is 56.7 Å². The summed E-state index contributed by atoms with van der Waals surface area (Å²) in [5.41, 5.74) is 1.78. The molecule has 3 heterocycles. The molecule has 0 radical (unpaired) electrons. The van der Waals surface area contributed by atoms with Gasteiger partial charge in [-0.25, -0.2) is 4.79 Å². The molecule has 2 aliphatic rings. The summed E-state index contributed by atoms with van der Waals surface area (Å²) in [6.07, 6.45) is -1.92. The molecule has 4 rings (SSSR count). The number of urea groups is 1. The lowest BCUT2D eigenvalue weighted by Gasteiger charge is -2.41. The smallest absolute Gasteiger partial charge is 0.319 e. The van der Waals surface area contributed by atoms with Gasteiger partial charge in [0.2, 0.25) is 0 Å². The van der Waals surface area contributed by atoms with E-state index in [-0.39, 0.29) is 25.2 Å². The van der Waals surface area contributed by atoms with Crippen LogP contribution in [0.3, 0.4) is 0 Å². The number of ether oxygens (including phenoxy) is 2. The maximum absolute atomic E-state index is 12.2. The standard InChI is InChI=1S/C22H30N4O5S/c1-30-17-5-3-2-4-16(17)25-7-9-26(10-8-25)20-18(31-19(13-27)21(20)28)12-23-22(29)24-15-6-11-32-14-15/h2-6,11,14,18-21,27-28H,7-10,12-13H2,1H3,(H2,23,24,29). The van der Waals surface area contributed by atoms with E-state index < -0.39 is 18.3 Å². The number of aliphatic hydroxyl groups excluding tert-OH is 2. The Morgan fingerprint density at radius 3 is 2.69 bits per heavy atom. The van der Waals surface area contributed by atoms with Gasteiger partial charge >= 0.3 is 6.03 Å². The van der Waals surface area contributed by atoms with Gasteiger partial charge in [-0.2, -0.15) is 11.3 Å². The van der Waals surface area contributed by atoms with E-state index in [1.165, 1.54) is 11.3 Å². The van der Waals surface area contributed by atoms with Crippen LogP contribution in [-0.2, 0) is 4.74 Å². The number of nitrogens with zero attached hydrogens (tertiary/aromatic N) is 2. The number of hydrogen-bond acceptors (Lipinski definition) is 8. The number of piperazine rings is 1. The molecule has 4 atom stereocenters. The van der Waals surface area contributed by atoms with Crippen molar-refractivity contribution in [2.45, 2.75) is 24.4 Å². The zero-order chi connectivity index (χ0) is 22.5. The molecule has 2 amide bonds. The fourth-order valence-corrected chi connectivity index (χ4v) is 5.04. The highest BCUT2D eigenvalue weighted by Gasteiger charge is 2.46. The monoisotopic (exact) mass is 462 g/mol. The Balaban J connectivity index is 1.37. The molecule has 0 saturated carbocycles. The number of para-hydroxylation sites is 2. The molecule has 4 unspecified atom stereocenters. The first-order valence-electron chi connectivity index (χ1n) is 10.7. The van der Waals surface area contributed by atoms with Gasteiger partial charge in [0.25, 0.3) is 0 Å². The van der Waals surface area contributed by atoms with Crippen LogP contribution < -0.4 is 20.3 Å². The second kappa shape index (κ2) is 10.5. The molecular weight excluding hydrogens is 432 g/mol. The van der Waals surface area contributed by atoms with E-state index in [4.69, 9.17) is 9.47 Å². The number of methoxy groups -OCH3 is 1. The summed E-state index contributed by atoms with van der Waals surface area (Å²) in [4.78, 5) is 16.7. The minimum absolute atomic E-state index is 0.237. The predicted octanol–water partition coefficient (Wildman–Crippen LogP) is 1.19. The number of thiophene rings is 1. The Bertz CT molecular complexity index is 875. The zero-order valence-corrected chi connectivity index (χ0v) is 18.8. The predicted molar refractivity (Wildman–Crippen MR) is 124 cm³/mol. The van der Waals surface area contributed by atoms with Crippen LogP contribution in [0.15, 0.2) is 41.1 Å². The molecule has 10 heteroatoms. The van der Waals surface area contributed by atoms with Crippen LogP contribution in [0.25, 0.3) is 0 Å².